The molecule has 0 bridgehead atoms. The molecule has 1 aromatic rings. The minimum atomic E-state index is -4.67. The molecular weight excluding hydrogens is 185 g/mol. The van der Waals surface area contributed by atoms with Gasteiger partial charge in [0, 0.05) is 6.07 Å². The van der Waals surface area contributed by atoms with Crippen LogP contribution in [0.25, 0.3) is 0 Å². The molecule has 0 saturated heterocycles. The summed E-state index contributed by atoms with van der Waals surface area (Å²) in [5, 5.41) is 19.0. The molecule has 0 spiro atoms. The summed E-state index contributed by atoms with van der Waals surface area (Å²) in [4.78, 5) is 0. The Morgan fingerprint density at radius 1 is 1.46 bits per heavy atom. The average Bonchev–Trinajstić information content (AvgIpc) is 2.02. The van der Waals surface area contributed by atoms with Crippen LogP contribution in [0.1, 0.15) is 11.3 Å². The molecule has 0 aliphatic rings. The molecule has 0 N–H and O–H groups in total. The van der Waals surface area contributed by atoms with Gasteiger partial charge in [0.2, 0.25) is 0 Å². The van der Waals surface area contributed by atoms with Gasteiger partial charge in [-0.3, -0.25) is 0 Å². The van der Waals surface area contributed by atoms with Crippen molar-refractivity contribution in [2.45, 2.75) is 6.18 Å². The van der Waals surface area contributed by atoms with Crippen LogP contribution in [-0.4, -0.2) is 0 Å². The van der Waals surface area contributed by atoms with Crippen molar-refractivity contribution in [2.24, 2.45) is 0 Å². The van der Waals surface area contributed by atoms with Crippen LogP contribution < -0.4 is 4.73 Å². The number of aromatic nitrogens is 1. The van der Waals surface area contributed by atoms with E-state index < -0.39 is 17.4 Å². The van der Waals surface area contributed by atoms with Crippen molar-refractivity contribution in [3.8, 4) is 6.07 Å². The first-order valence-corrected chi connectivity index (χ1v) is 3.16. The highest BCUT2D eigenvalue weighted by atomic mass is 19.4. The van der Waals surface area contributed by atoms with Crippen LogP contribution in [0.4, 0.5) is 13.2 Å². The molecule has 3 nitrogen and oxygen atoms in total. The highest BCUT2D eigenvalue weighted by Gasteiger charge is 2.37. The highest BCUT2D eigenvalue weighted by molar-refractivity contribution is 5.28. The molecular formula is C7H3F3N2O. The minimum Gasteiger partial charge on any atom is -0.618 e. The maximum Gasteiger partial charge on any atom is 0.423 e. The zero-order valence-electron chi connectivity index (χ0n) is 6.17. The molecule has 0 unspecified atom stereocenters. The van der Waals surface area contributed by atoms with Crippen LogP contribution in [0, 0.1) is 16.5 Å². The fourth-order valence-corrected chi connectivity index (χ4v) is 0.828. The van der Waals surface area contributed by atoms with E-state index in [-0.39, 0.29) is 4.73 Å². The maximum atomic E-state index is 12.1. The molecule has 0 aromatic carbocycles. The second-order valence-electron chi connectivity index (χ2n) is 2.21. The van der Waals surface area contributed by atoms with Crippen molar-refractivity contribution >= 4 is 0 Å². The third-order valence-corrected chi connectivity index (χ3v) is 1.37. The van der Waals surface area contributed by atoms with Gasteiger partial charge in [-0.15, -0.1) is 0 Å². The van der Waals surface area contributed by atoms with Gasteiger partial charge in [-0.2, -0.15) is 23.2 Å². The van der Waals surface area contributed by atoms with E-state index in [9.17, 15) is 18.4 Å². The van der Waals surface area contributed by atoms with Crippen LogP contribution in [0.15, 0.2) is 18.3 Å². The van der Waals surface area contributed by atoms with Crippen LogP contribution in [-0.2, 0) is 6.18 Å². The summed E-state index contributed by atoms with van der Waals surface area (Å²) in [6.07, 6.45) is -3.83. The van der Waals surface area contributed by atoms with Gasteiger partial charge >= 0.3 is 11.9 Å². The van der Waals surface area contributed by atoms with E-state index >= 15 is 0 Å². The van der Waals surface area contributed by atoms with E-state index in [4.69, 9.17) is 5.26 Å². The first-order valence-electron chi connectivity index (χ1n) is 3.16. The van der Waals surface area contributed by atoms with Crippen molar-refractivity contribution in [1.82, 2.24) is 0 Å². The van der Waals surface area contributed by atoms with Crippen molar-refractivity contribution in [3.05, 3.63) is 34.8 Å². The van der Waals surface area contributed by atoms with E-state index in [0.717, 1.165) is 12.3 Å². The normalized spacial score (nSPS) is 10.9. The van der Waals surface area contributed by atoms with Crippen LogP contribution >= 0.6 is 0 Å². The Balaban J connectivity index is 3.40. The van der Waals surface area contributed by atoms with Gasteiger partial charge in [0.05, 0.1) is 0 Å². The quantitative estimate of drug-likeness (QED) is 0.453. The molecule has 0 atom stereocenters. The van der Waals surface area contributed by atoms with Crippen molar-refractivity contribution in [3.63, 3.8) is 0 Å². The lowest BCUT2D eigenvalue weighted by Gasteiger charge is -2.06. The summed E-state index contributed by atoms with van der Waals surface area (Å²) in [6, 6.07) is 2.83. The number of nitriles is 1. The second-order valence-corrected chi connectivity index (χ2v) is 2.21. The molecule has 1 rings (SSSR count). The number of hydrogen-bond acceptors (Lipinski definition) is 2. The number of alkyl halides is 3. The Morgan fingerprint density at radius 3 is 2.46 bits per heavy atom. The van der Waals surface area contributed by atoms with E-state index in [1.807, 2.05) is 0 Å². The van der Waals surface area contributed by atoms with Crippen molar-refractivity contribution < 1.29 is 17.9 Å². The fraction of sp³-hybridized carbons (Fsp3) is 0.143. The Kier molecular flexibility index (Phi) is 2.10. The smallest absolute Gasteiger partial charge is 0.423 e. The number of halogens is 3. The van der Waals surface area contributed by atoms with Gasteiger partial charge in [0.15, 0.2) is 12.3 Å². The SMILES string of the molecule is N#Cc1c(C(F)(F)F)ccc[n+]1[O-]. The van der Waals surface area contributed by atoms with Crippen LogP contribution in [0.3, 0.4) is 0 Å². The minimum absolute atomic E-state index is 0.108. The molecule has 1 heterocycles. The summed E-state index contributed by atoms with van der Waals surface area (Å²) in [7, 11) is 0. The van der Waals surface area contributed by atoms with Gasteiger partial charge in [-0.25, -0.2) is 0 Å². The Labute approximate surface area is 71.2 Å². The Hall–Kier alpha value is -1.77. The first-order chi connectivity index (χ1) is 5.96. The Bertz CT molecular complexity index is 367. The number of pyridine rings is 1. The molecule has 0 aliphatic carbocycles. The summed E-state index contributed by atoms with van der Waals surface area (Å²) in [6.45, 7) is 0. The second kappa shape index (κ2) is 2.94. The zero-order chi connectivity index (χ0) is 10.1. The first kappa shape index (κ1) is 9.32. The lowest BCUT2D eigenvalue weighted by molar-refractivity contribution is -0.609. The fourth-order valence-electron chi connectivity index (χ4n) is 0.828. The summed E-state index contributed by atoms with van der Waals surface area (Å²) in [5.74, 6) is 0. The van der Waals surface area contributed by atoms with Gasteiger partial charge in [0.25, 0.3) is 0 Å². The molecule has 1 aromatic heterocycles. The molecule has 0 aliphatic heterocycles. The molecule has 0 amide bonds. The van der Waals surface area contributed by atoms with Crippen LogP contribution in [0.5, 0.6) is 0 Å². The number of nitrogens with zero attached hydrogens (tertiary/aromatic N) is 2. The maximum absolute atomic E-state index is 12.1. The van der Waals surface area contributed by atoms with Gasteiger partial charge in [-0.05, 0) is 6.07 Å². The van der Waals surface area contributed by atoms with Crippen LogP contribution in [0.2, 0.25) is 0 Å². The predicted molar refractivity (Wildman–Crippen MR) is 35.1 cm³/mol. The monoisotopic (exact) mass is 188 g/mol. The van der Waals surface area contributed by atoms with E-state index in [2.05, 4.69) is 0 Å². The van der Waals surface area contributed by atoms with Gasteiger partial charge in [0.1, 0.15) is 5.56 Å². The topological polar surface area (TPSA) is 50.7 Å². The molecule has 6 heteroatoms. The van der Waals surface area contributed by atoms with Gasteiger partial charge in [-0.1, -0.05) is 0 Å². The number of rotatable bonds is 0. The molecule has 0 radical (unpaired) electrons. The molecule has 13 heavy (non-hydrogen) atoms. The van der Waals surface area contributed by atoms with Gasteiger partial charge < -0.3 is 5.21 Å². The summed E-state index contributed by atoms with van der Waals surface area (Å²) < 4.78 is 36.2. The third kappa shape index (κ3) is 1.69. The summed E-state index contributed by atoms with van der Waals surface area (Å²) >= 11 is 0. The average molecular weight is 188 g/mol. The van der Waals surface area contributed by atoms with E-state index in [1.54, 1.807) is 0 Å². The lowest BCUT2D eigenvalue weighted by atomic mass is 10.2. The molecule has 68 valence electrons. The van der Waals surface area contributed by atoms with Crippen molar-refractivity contribution in [2.75, 3.05) is 0 Å². The Morgan fingerprint density at radius 2 is 2.08 bits per heavy atom. The lowest BCUT2D eigenvalue weighted by Crippen LogP contribution is -2.32. The third-order valence-electron chi connectivity index (χ3n) is 1.37. The number of hydrogen-bond donors (Lipinski definition) is 0. The molecule has 0 saturated carbocycles. The highest BCUT2D eigenvalue weighted by Crippen LogP contribution is 2.29. The molecule has 0 fully saturated rings. The standard InChI is InChI=1S/C7H3F3N2O/c8-7(9,10)5-2-1-3-12(13)6(5)4-11/h1-3H. The van der Waals surface area contributed by atoms with Crippen molar-refractivity contribution in [1.29, 1.82) is 5.26 Å². The van der Waals surface area contributed by atoms with E-state index in [1.165, 1.54) is 6.07 Å². The van der Waals surface area contributed by atoms with E-state index in [0.29, 0.717) is 6.07 Å². The predicted octanol–water partition coefficient (Wildman–Crippen LogP) is 1.21. The summed E-state index contributed by atoms with van der Waals surface area (Å²) in [5.41, 5.74) is -2.15. The zero-order valence-corrected chi connectivity index (χ0v) is 6.17. The largest absolute Gasteiger partial charge is 0.618 e.